The lowest BCUT2D eigenvalue weighted by atomic mass is 10.1. The Morgan fingerprint density at radius 1 is 0.720 bits per heavy atom. The molecule has 4 aromatic rings. The van der Waals surface area contributed by atoms with Crippen molar-refractivity contribution in [2.24, 2.45) is 0 Å². The van der Waals surface area contributed by atoms with Gasteiger partial charge in [-0.25, -0.2) is 4.98 Å². The molecule has 1 heterocycles. The maximum absolute atomic E-state index is 4.69. The number of benzene rings is 3. The van der Waals surface area contributed by atoms with E-state index in [1.165, 1.54) is 22.3 Å². The van der Waals surface area contributed by atoms with Crippen LogP contribution in [-0.4, -0.2) is 15.2 Å². The highest BCUT2D eigenvalue weighted by molar-refractivity contribution is 7.99. The third-order valence-corrected chi connectivity index (χ3v) is 5.65. The van der Waals surface area contributed by atoms with E-state index in [1.807, 2.05) is 30.3 Å². The molecular weight excluding hydrogens is 326 g/mol. The maximum atomic E-state index is 4.69. The van der Waals surface area contributed by atoms with Crippen molar-refractivity contribution >= 4 is 11.8 Å². The number of rotatable bonds is 3. The van der Waals surface area contributed by atoms with Gasteiger partial charge >= 0.3 is 0 Å². The highest BCUT2D eigenvalue weighted by Crippen LogP contribution is 2.51. The first-order valence-electron chi connectivity index (χ1n) is 8.23. The zero-order valence-electron chi connectivity index (χ0n) is 13.4. The predicted molar refractivity (Wildman–Crippen MR) is 101 cm³/mol. The highest BCUT2D eigenvalue weighted by atomic mass is 32.2. The second-order valence-electron chi connectivity index (χ2n) is 6.01. The molecule has 0 radical (unpaired) electrons. The van der Waals surface area contributed by atoms with Crippen LogP contribution in [0.5, 0.6) is 0 Å². The molecule has 4 heteroatoms. The van der Waals surface area contributed by atoms with Crippen molar-refractivity contribution in [2.45, 2.75) is 10.4 Å². The van der Waals surface area contributed by atoms with Crippen molar-refractivity contribution in [1.29, 1.82) is 0 Å². The smallest absolute Gasteiger partial charge is 0.209 e. The summed E-state index contributed by atoms with van der Waals surface area (Å²) in [6, 6.07) is 27.3. The molecular formula is C21H15N3S. The van der Waals surface area contributed by atoms with Crippen LogP contribution in [0.3, 0.4) is 0 Å². The van der Waals surface area contributed by atoms with Gasteiger partial charge in [-0.1, -0.05) is 90.6 Å². The van der Waals surface area contributed by atoms with Gasteiger partial charge in [0.05, 0.1) is 5.25 Å². The van der Waals surface area contributed by atoms with E-state index in [0.717, 1.165) is 16.5 Å². The van der Waals surface area contributed by atoms with Gasteiger partial charge in [0.25, 0.3) is 0 Å². The normalized spacial score (nSPS) is 12.8. The average molecular weight is 341 g/mol. The van der Waals surface area contributed by atoms with E-state index in [4.69, 9.17) is 0 Å². The SMILES string of the molecule is c1ccc(-c2nc(SC3c4ccccc4-c4ccccc43)n[nH]2)cc1. The lowest BCUT2D eigenvalue weighted by Gasteiger charge is -2.10. The fourth-order valence-electron chi connectivity index (χ4n) is 3.37. The van der Waals surface area contributed by atoms with Crippen LogP contribution in [0.1, 0.15) is 16.4 Å². The third kappa shape index (κ3) is 2.46. The molecule has 0 fully saturated rings. The lowest BCUT2D eigenvalue weighted by molar-refractivity contribution is 0.968. The minimum atomic E-state index is 0.229. The number of hydrogen-bond donors (Lipinski definition) is 1. The number of H-pyrrole nitrogens is 1. The van der Waals surface area contributed by atoms with Crippen LogP contribution in [0.4, 0.5) is 0 Å². The van der Waals surface area contributed by atoms with Crippen molar-refractivity contribution in [3.8, 4) is 22.5 Å². The Bertz CT molecular complexity index is 994. The number of nitrogens with one attached hydrogen (secondary N) is 1. The molecule has 0 unspecified atom stereocenters. The quantitative estimate of drug-likeness (QED) is 0.547. The molecule has 1 aliphatic carbocycles. The Kier molecular flexibility index (Phi) is 3.42. The Labute approximate surface area is 150 Å². The molecule has 1 aromatic heterocycles. The first-order valence-corrected chi connectivity index (χ1v) is 9.11. The van der Waals surface area contributed by atoms with E-state index >= 15 is 0 Å². The molecule has 0 spiro atoms. The van der Waals surface area contributed by atoms with Crippen LogP contribution in [0, 0.1) is 0 Å². The van der Waals surface area contributed by atoms with Crippen molar-refractivity contribution in [3.05, 3.63) is 90.0 Å². The van der Waals surface area contributed by atoms with E-state index in [-0.39, 0.29) is 5.25 Å². The van der Waals surface area contributed by atoms with Gasteiger partial charge in [-0.05, 0) is 22.3 Å². The number of nitrogens with zero attached hydrogens (tertiary/aromatic N) is 2. The molecule has 0 saturated carbocycles. The van der Waals surface area contributed by atoms with E-state index in [1.54, 1.807) is 11.8 Å². The van der Waals surface area contributed by atoms with Crippen LogP contribution in [0.15, 0.2) is 84.0 Å². The minimum Gasteiger partial charge on any atom is -0.258 e. The summed E-state index contributed by atoms with van der Waals surface area (Å²) >= 11 is 1.70. The van der Waals surface area contributed by atoms with Gasteiger partial charge in [0.15, 0.2) is 5.82 Å². The molecule has 1 N–H and O–H groups in total. The fourth-order valence-corrected chi connectivity index (χ4v) is 4.48. The van der Waals surface area contributed by atoms with E-state index in [0.29, 0.717) is 0 Å². The molecule has 1 aliphatic rings. The molecule has 0 amide bonds. The topological polar surface area (TPSA) is 41.6 Å². The molecule has 0 aliphatic heterocycles. The van der Waals surface area contributed by atoms with Crippen molar-refractivity contribution < 1.29 is 0 Å². The second-order valence-corrected chi connectivity index (χ2v) is 7.08. The van der Waals surface area contributed by atoms with Crippen LogP contribution >= 0.6 is 11.8 Å². The summed E-state index contributed by atoms with van der Waals surface area (Å²) in [6.45, 7) is 0. The van der Waals surface area contributed by atoms with E-state index in [2.05, 4.69) is 63.7 Å². The Hall–Kier alpha value is -2.85. The predicted octanol–water partition coefficient (Wildman–Crippen LogP) is 5.33. The summed E-state index contributed by atoms with van der Waals surface area (Å²) < 4.78 is 0. The van der Waals surface area contributed by atoms with Crippen LogP contribution in [0.25, 0.3) is 22.5 Å². The summed E-state index contributed by atoms with van der Waals surface area (Å²) in [5, 5.41) is 8.49. The lowest BCUT2D eigenvalue weighted by Crippen LogP contribution is -1.92. The molecule has 25 heavy (non-hydrogen) atoms. The molecule has 3 nitrogen and oxygen atoms in total. The maximum Gasteiger partial charge on any atom is 0.209 e. The molecule has 5 rings (SSSR count). The zero-order valence-corrected chi connectivity index (χ0v) is 14.2. The number of fused-ring (bicyclic) bond motifs is 3. The van der Waals surface area contributed by atoms with Crippen molar-refractivity contribution in [3.63, 3.8) is 0 Å². The van der Waals surface area contributed by atoms with Gasteiger partial charge in [-0.3, -0.25) is 5.10 Å². The summed E-state index contributed by atoms with van der Waals surface area (Å²) in [5.74, 6) is 0.808. The van der Waals surface area contributed by atoms with Gasteiger partial charge < -0.3 is 0 Å². The molecule has 120 valence electrons. The monoisotopic (exact) mass is 341 g/mol. The summed E-state index contributed by atoms with van der Waals surface area (Å²) in [5.41, 5.74) is 6.34. The highest BCUT2D eigenvalue weighted by Gasteiger charge is 2.29. The molecule has 0 saturated heterocycles. The zero-order chi connectivity index (χ0) is 16.6. The second kappa shape index (κ2) is 5.90. The minimum absolute atomic E-state index is 0.229. The van der Waals surface area contributed by atoms with Gasteiger partial charge in [-0.2, -0.15) is 0 Å². The van der Waals surface area contributed by atoms with Gasteiger partial charge in [0, 0.05) is 5.56 Å². The number of hydrogen-bond acceptors (Lipinski definition) is 3. The van der Waals surface area contributed by atoms with E-state index in [9.17, 15) is 0 Å². The van der Waals surface area contributed by atoms with E-state index < -0.39 is 0 Å². The van der Waals surface area contributed by atoms with Gasteiger partial charge in [0.1, 0.15) is 0 Å². The standard InChI is InChI=1S/C21H15N3S/c1-2-8-14(9-3-1)20-22-21(24-23-20)25-19-17-12-6-4-10-15(17)16-11-5-7-13-18(16)19/h1-13,19H,(H,22,23,24). The Balaban J connectivity index is 1.52. The van der Waals surface area contributed by atoms with Crippen LogP contribution in [0.2, 0.25) is 0 Å². The Morgan fingerprint density at radius 3 is 2.00 bits per heavy atom. The average Bonchev–Trinajstić information content (AvgIpc) is 3.27. The summed E-state index contributed by atoms with van der Waals surface area (Å²) in [7, 11) is 0. The number of thioether (sulfide) groups is 1. The van der Waals surface area contributed by atoms with Crippen LogP contribution in [-0.2, 0) is 0 Å². The van der Waals surface area contributed by atoms with Gasteiger partial charge in [-0.15, -0.1) is 5.10 Å². The molecule has 3 aromatic carbocycles. The first-order chi connectivity index (χ1) is 12.4. The summed E-state index contributed by atoms with van der Waals surface area (Å²) in [4.78, 5) is 4.69. The molecule has 0 atom stereocenters. The van der Waals surface area contributed by atoms with Crippen LogP contribution < -0.4 is 0 Å². The molecule has 0 bridgehead atoms. The van der Waals surface area contributed by atoms with Crippen molar-refractivity contribution in [1.82, 2.24) is 15.2 Å². The third-order valence-electron chi connectivity index (χ3n) is 4.51. The Morgan fingerprint density at radius 2 is 1.32 bits per heavy atom. The van der Waals surface area contributed by atoms with Gasteiger partial charge in [0.2, 0.25) is 5.16 Å². The summed E-state index contributed by atoms with van der Waals surface area (Å²) in [6.07, 6.45) is 0. The first kappa shape index (κ1) is 14.5. The number of aromatic nitrogens is 3. The number of aromatic amines is 1. The van der Waals surface area contributed by atoms with Crippen molar-refractivity contribution in [2.75, 3.05) is 0 Å². The fraction of sp³-hybridized carbons (Fsp3) is 0.0476. The largest absolute Gasteiger partial charge is 0.258 e.